The van der Waals surface area contributed by atoms with Crippen LogP contribution in [0.5, 0.6) is 0 Å². The number of hydrogen-bond donors (Lipinski definition) is 0. The summed E-state index contributed by atoms with van der Waals surface area (Å²) in [4.78, 5) is 38.4. The molecule has 0 fully saturated rings. The summed E-state index contributed by atoms with van der Waals surface area (Å²) < 4.78 is 16.9. The van der Waals surface area contributed by atoms with Gasteiger partial charge in [-0.1, -0.05) is 280 Å². The average molecular weight is 1140 g/mol. The molecule has 1 unspecified atom stereocenters. The third-order valence-electron chi connectivity index (χ3n) is 13.4. The first-order valence-electron chi connectivity index (χ1n) is 33.3. The van der Waals surface area contributed by atoms with Crippen LogP contribution in [-0.2, 0) is 28.6 Å². The van der Waals surface area contributed by atoms with Crippen LogP contribution in [0.3, 0.4) is 0 Å². The molecular weight excluding hydrogens is 1020 g/mol. The second-order valence-electron chi connectivity index (χ2n) is 21.3. The van der Waals surface area contributed by atoms with Crippen LogP contribution in [0, 0.1) is 0 Å². The summed E-state index contributed by atoms with van der Waals surface area (Å²) in [5.74, 6) is -1.03. The maximum absolute atomic E-state index is 12.9. The average Bonchev–Trinajstić information content (AvgIpc) is 3.49. The number of hydrogen-bond acceptors (Lipinski definition) is 6. The Labute approximate surface area is 510 Å². The third kappa shape index (κ3) is 67.2. The van der Waals surface area contributed by atoms with E-state index in [-0.39, 0.29) is 31.6 Å². The highest BCUT2D eigenvalue weighted by atomic mass is 16.6. The van der Waals surface area contributed by atoms with Crippen LogP contribution in [0.4, 0.5) is 0 Å². The van der Waals surface area contributed by atoms with Crippen molar-refractivity contribution >= 4 is 17.9 Å². The van der Waals surface area contributed by atoms with E-state index in [1.54, 1.807) is 0 Å². The Balaban J connectivity index is 4.51. The van der Waals surface area contributed by atoms with Gasteiger partial charge in [-0.3, -0.25) is 14.4 Å². The second kappa shape index (κ2) is 69.0. The molecule has 0 spiro atoms. The number of esters is 3. The third-order valence-corrected chi connectivity index (χ3v) is 13.4. The van der Waals surface area contributed by atoms with Crippen molar-refractivity contribution in [2.45, 2.75) is 271 Å². The Morgan fingerprint density at radius 1 is 0.253 bits per heavy atom. The number of unbranched alkanes of at least 4 members (excludes halogenated alkanes) is 17. The monoisotopic (exact) mass is 1140 g/mol. The summed E-state index contributed by atoms with van der Waals surface area (Å²) in [5.41, 5.74) is 0. The SMILES string of the molecule is CC/C=C\C/C=C\C/C=C\C/C=C\C/C=C\C/C=C\C/C=C\CCCCCCCCCC(=O)OCC(COC(=O)CCCCCCCCC/C=C\C/C=C\CCCCC)OC(=O)CC/C=C\C/C=C\C/C=C\C/C=C\C/C=C\C/C=C\CC. The highest BCUT2D eigenvalue weighted by molar-refractivity contribution is 5.71. The molecule has 0 aliphatic rings. The van der Waals surface area contributed by atoms with Gasteiger partial charge in [0.1, 0.15) is 13.2 Å². The van der Waals surface area contributed by atoms with Crippen LogP contribution >= 0.6 is 0 Å². The predicted molar refractivity (Wildman–Crippen MR) is 361 cm³/mol. The smallest absolute Gasteiger partial charge is 0.306 e. The summed E-state index contributed by atoms with van der Waals surface area (Å²) in [6, 6.07) is 0. The number of allylic oxidation sites excluding steroid dienone is 30. The quantitative estimate of drug-likeness (QED) is 0.0261. The standard InChI is InChI=1S/C77H120O6/c1-4-7-10-13-16-19-22-25-28-31-33-34-35-36-37-38-39-40-41-42-44-46-49-52-55-58-61-64-67-70-76(79)82-73-74(72-81-75(78)69-66-63-60-57-54-51-48-45-30-27-24-21-18-15-12-9-6-3)83-77(80)71-68-65-62-59-56-53-50-47-43-32-29-26-23-20-17-14-11-8-5-2/h7-8,10-11,16-21,25-30,33-34,36-37,39-40,42-44,47,53,56,62,65,74H,4-6,9,12-15,22-24,31-32,35,38,41,45-46,48-52,54-55,57-61,63-64,66-73H2,1-3H3/b10-7-,11-8-,19-16-,20-17-,21-18-,28-25-,29-26-,30-27-,34-33-,37-36-,40-39-,44-42-,47-43-,56-53-,65-62-. The predicted octanol–water partition coefficient (Wildman–Crippen LogP) is 23.2. The lowest BCUT2D eigenvalue weighted by Crippen LogP contribution is -2.30. The lowest BCUT2D eigenvalue weighted by Gasteiger charge is -2.18. The van der Waals surface area contributed by atoms with Gasteiger partial charge in [0.2, 0.25) is 0 Å². The minimum atomic E-state index is -0.839. The largest absolute Gasteiger partial charge is 0.462 e. The van der Waals surface area contributed by atoms with E-state index in [0.29, 0.717) is 19.3 Å². The van der Waals surface area contributed by atoms with Crippen LogP contribution in [0.25, 0.3) is 0 Å². The Bertz CT molecular complexity index is 1940. The number of carbonyl (C=O) groups excluding carboxylic acids is 3. The van der Waals surface area contributed by atoms with Gasteiger partial charge in [0, 0.05) is 19.3 Å². The molecule has 0 aromatic carbocycles. The van der Waals surface area contributed by atoms with Crippen LogP contribution in [0.1, 0.15) is 265 Å². The fraction of sp³-hybridized carbons (Fsp3) is 0.571. The first kappa shape index (κ1) is 77.5. The molecule has 0 bridgehead atoms. The van der Waals surface area contributed by atoms with Crippen molar-refractivity contribution < 1.29 is 28.6 Å². The molecule has 0 aromatic rings. The Morgan fingerprint density at radius 2 is 0.494 bits per heavy atom. The van der Waals surface area contributed by atoms with Gasteiger partial charge in [-0.2, -0.15) is 0 Å². The first-order valence-corrected chi connectivity index (χ1v) is 33.3. The van der Waals surface area contributed by atoms with Crippen LogP contribution in [0.15, 0.2) is 182 Å². The molecule has 0 saturated carbocycles. The summed E-state index contributed by atoms with van der Waals surface area (Å²) in [5, 5.41) is 0. The Hall–Kier alpha value is -5.49. The molecule has 0 amide bonds. The van der Waals surface area contributed by atoms with Gasteiger partial charge in [-0.05, 0) is 148 Å². The molecule has 0 saturated heterocycles. The van der Waals surface area contributed by atoms with E-state index in [0.717, 1.165) is 148 Å². The molecule has 0 aromatic heterocycles. The highest BCUT2D eigenvalue weighted by Gasteiger charge is 2.19. The van der Waals surface area contributed by atoms with E-state index in [9.17, 15) is 14.4 Å². The lowest BCUT2D eigenvalue weighted by molar-refractivity contribution is -0.166. The molecule has 6 heteroatoms. The molecule has 0 N–H and O–H groups in total. The lowest BCUT2D eigenvalue weighted by atomic mass is 10.1. The molecule has 0 aliphatic carbocycles. The van der Waals surface area contributed by atoms with E-state index < -0.39 is 12.1 Å². The summed E-state index contributed by atoms with van der Waals surface area (Å²) >= 11 is 0. The van der Waals surface area contributed by atoms with Gasteiger partial charge < -0.3 is 14.2 Å². The maximum atomic E-state index is 12.9. The van der Waals surface area contributed by atoms with Crippen LogP contribution in [0.2, 0.25) is 0 Å². The summed E-state index contributed by atoms with van der Waals surface area (Å²) in [6.45, 7) is 6.30. The molecular formula is C77H120O6. The number of ether oxygens (including phenoxy) is 3. The molecule has 0 rings (SSSR count). The van der Waals surface area contributed by atoms with Gasteiger partial charge in [0.25, 0.3) is 0 Å². The molecule has 83 heavy (non-hydrogen) atoms. The summed E-state index contributed by atoms with van der Waals surface area (Å²) in [7, 11) is 0. The minimum absolute atomic E-state index is 0.124. The van der Waals surface area contributed by atoms with Crippen molar-refractivity contribution in [1.82, 2.24) is 0 Å². The van der Waals surface area contributed by atoms with E-state index >= 15 is 0 Å². The van der Waals surface area contributed by atoms with Crippen molar-refractivity contribution in [2.24, 2.45) is 0 Å². The molecule has 0 radical (unpaired) electrons. The molecule has 6 nitrogen and oxygen atoms in total. The van der Waals surface area contributed by atoms with Crippen LogP contribution in [-0.4, -0.2) is 37.2 Å². The van der Waals surface area contributed by atoms with E-state index in [2.05, 4.69) is 191 Å². The maximum Gasteiger partial charge on any atom is 0.306 e. The number of rotatable bonds is 58. The topological polar surface area (TPSA) is 78.9 Å². The minimum Gasteiger partial charge on any atom is -0.462 e. The van der Waals surface area contributed by atoms with Gasteiger partial charge >= 0.3 is 17.9 Å². The van der Waals surface area contributed by atoms with Crippen molar-refractivity contribution in [1.29, 1.82) is 0 Å². The van der Waals surface area contributed by atoms with E-state index in [4.69, 9.17) is 14.2 Å². The molecule has 464 valence electrons. The Kier molecular flexibility index (Phi) is 64.4. The van der Waals surface area contributed by atoms with Gasteiger partial charge in [-0.15, -0.1) is 0 Å². The second-order valence-corrected chi connectivity index (χ2v) is 21.3. The van der Waals surface area contributed by atoms with Crippen molar-refractivity contribution in [2.75, 3.05) is 13.2 Å². The zero-order valence-electron chi connectivity index (χ0n) is 53.1. The van der Waals surface area contributed by atoms with Crippen molar-refractivity contribution in [3.8, 4) is 0 Å². The fourth-order valence-corrected chi connectivity index (χ4v) is 8.48. The normalized spacial score (nSPS) is 13.3. The molecule has 0 aliphatic heterocycles. The number of carbonyl (C=O) groups is 3. The molecule has 0 heterocycles. The zero-order chi connectivity index (χ0) is 59.9. The summed E-state index contributed by atoms with van der Waals surface area (Å²) in [6.07, 6.45) is 103. The van der Waals surface area contributed by atoms with Gasteiger partial charge in [-0.25, -0.2) is 0 Å². The molecule has 1 atom stereocenters. The van der Waals surface area contributed by atoms with Gasteiger partial charge in [0.15, 0.2) is 6.10 Å². The zero-order valence-corrected chi connectivity index (χ0v) is 53.1. The van der Waals surface area contributed by atoms with Gasteiger partial charge in [0.05, 0.1) is 0 Å². The van der Waals surface area contributed by atoms with Crippen molar-refractivity contribution in [3.63, 3.8) is 0 Å². The van der Waals surface area contributed by atoms with E-state index in [1.165, 1.54) is 70.6 Å². The first-order chi connectivity index (χ1) is 41.0. The van der Waals surface area contributed by atoms with Crippen LogP contribution < -0.4 is 0 Å². The van der Waals surface area contributed by atoms with E-state index in [1.807, 2.05) is 12.2 Å². The van der Waals surface area contributed by atoms with Crippen molar-refractivity contribution in [3.05, 3.63) is 182 Å². The Morgan fingerprint density at radius 3 is 0.783 bits per heavy atom. The highest BCUT2D eigenvalue weighted by Crippen LogP contribution is 2.14. The fourth-order valence-electron chi connectivity index (χ4n) is 8.48.